The molecule has 0 fully saturated rings. The van der Waals surface area contributed by atoms with Gasteiger partial charge in [-0.05, 0) is 29.8 Å². The highest BCUT2D eigenvalue weighted by atomic mass is 16.5. The van der Waals surface area contributed by atoms with Gasteiger partial charge in [-0.15, -0.1) is 0 Å². The number of phenolic OH excluding ortho intramolecular Hbond substituents is 1. The van der Waals surface area contributed by atoms with Gasteiger partial charge >= 0.3 is 0 Å². The molecule has 0 amide bonds. The van der Waals surface area contributed by atoms with Gasteiger partial charge in [0.05, 0.1) is 0 Å². The Morgan fingerprint density at radius 3 is 2.27 bits per heavy atom. The molecule has 0 aromatic heterocycles. The van der Waals surface area contributed by atoms with E-state index in [0.717, 1.165) is 11.3 Å². The number of ether oxygens (including phenoxy) is 2. The van der Waals surface area contributed by atoms with Crippen molar-refractivity contribution in [3.63, 3.8) is 0 Å². The number of rotatable bonds is 5. The van der Waals surface area contributed by atoms with E-state index in [-0.39, 0.29) is 5.75 Å². The summed E-state index contributed by atoms with van der Waals surface area (Å²) in [5.41, 5.74) is 1.11. The van der Waals surface area contributed by atoms with Gasteiger partial charge in [0.1, 0.15) is 18.1 Å². The van der Waals surface area contributed by atoms with Crippen LogP contribution in [0.4, 0.5) is 0 Å². The van der Waals surface area contributed by atoms with Gasteiger partial charge < -0.3 is 14.6 Å². The van der Waals surface area contributed by atoms with Crippen molar-refractivity contribution >= 4 is 0 Å². The lowest BCUT2D eigenvalue weighted by molar-refractivity contribution is 0.304. The summed E-state index contributed by atoms with van der Waals surface area (Å²) in [4.78, 5) is 0. The number of hydrogen-bond acceptors (Lipinski definition) is 3. The van der Waals surface area contributed by atoms with Gasteiger partial charge in [0.2, 0.25) is 0 Å². The standard InChI is InChI=1S/C19H16O3/c20-18-11-4-5-12-19(18)22-17-10-6-9-16(13-17)21-14-15-7-2-1-3-8-15/h1-13,20H,14H2. The van der Waals surface area contributed by atoms with Crippen molar-refractivity contribution < 1.29 is 14.6 Å². The fourth-order valence-corrected chi connectivity index (χ4v) is 2.04. The highest BCUT2D eigenvalue weighted by Gasteiger charge is 2.04. The summed E-state index contributed by atoms with van der Waals surface area (Å²) in [6.07, 6.45) is 0. The Balaban J connectivity index is 1.69. The summed E-state index contributed by atoms with van der Waals surface area (Å²) < 4.78 is 11.4. The van der Waals surface area contributed by atoms with Crippen LogP contribution < -0.4 is 9.47 Å². The lowest BCUT2D eigenvalue weighted by atomic mass is 10.2. The van der Waals surface area contributed by atoms with Crippen LogP contribution in [0.1, 0.15) is 5.56 Å². The van der Waals surface area contributed by atoms with Crippen LogP contribution in [0.3, 0.4) is 0 Å². The predicted octanol–water partition coefficient (Wildman–Crippen LogP) is 4.76. The zero-order valence-corrected chi connectivity index (χ0v) is 12.0. The van der Waals surface area contributed by atoms with Gasteiger partial charge in [-0.3, -0.25) is 0 Å². The Hall–Kier alpha value is -2.94. The quantitative estimate of drug-likeness (QED) is 0.736. The molecule has 110 valence electrons. The monoisotopic (exact) mass is 292 g/mol. The molecule has 0 heterocycles. The zero-order valence-electron chi connectivity index (χ0n) is 12.0. The van der Waals surface area contributed by atoms with E-state index in [0.29, 0.717) is 18.1 Å². The maximum atomic E-state index is 9.74. The van der Waals surface area contributed by atoms with Crippen LogP contribution in [0.2, 0.25) is 0 Å². The van der Waals surface area contributed by atoms with Gasteiger partial charge in [0.25, 0.3) is 0 Å². The van der Waals surface area contributed by atoms with E-state index in [2.05, 4.69) is 0 Å². The Labute approximate surface area is 129 Å². The molecule has 0 bridgehead atoms. The molecule has 0 aliphatic carbocycles. The smallest absolute Gasteiger partial charge is 0.169 e. The van der Waals surface area contributed by atoms with Crippen molar-refractivity contribution in [2.75, 3.05) is 0 Å². The molecule has 3 heteroatoms. The first kappa shape index (κ1) is 14.0. The molecule has 3 nitrogen and oxygen atoms in total. The maximum absolute atomic E-state index is 9.74. The minimum atomic E-state index is 0.109. The summed E-state index contributed by atoms with van der Waals surface area (Å²) >= 11 is 0. The van der Waals surface area contributed by atoms with Gasteiger partial charge in [-0.25, -0.2) is 0 Å². The molecule has 0 radical (unpaired) electrons. The van der Waals surface area contributed by atoms with Crippen LogP contribution in [-0.4, -0.2) is 5.11 Å². The zero-order chi connectivity index (χ0) is 15.2. The van der Waals surface area contributed by atoms with E-state index in [1.165, 1.54) is 0 Å². The molecule has 3 rings (SSSR count). The molecule has 3 aromatic carbocycles. The predicted molar refractivity (Wildman–Crippen MR) is 85.4 cm³/mol. The van der Waals surface area contributed by atoms with Crippen LogP contribution in [0, 0.1) is 0 Å². The minimum Gasteiger partial charge on any atom is -0.504 e. The summed E-state index contributed by atoms with van der Waals surface area (Å²) in [7, 11) is 0. The second-order valence-electron chi connectivity index (χ2n) is 4.82. The summed E-state index contributed by atoms with van der Waals surface area (Å²) in [6.45, 7) is 0.501. The molecule has 0 aliphatic heterocycles. The summed E-state index contributed by atoms with van der Waals surface area (Å²) in [6, 6.07) is 24.2. The molecule has 0 spiro atoms. The third-order valence-electron chi connectivity index (χ3n) is 3.15. The first-order valence-corrected chi connectivity index (χ1v) is 7.04. The van der Waals surface area contributed by atoms with Gasteiger partial charge in [0.15, 0.2) is 11.5 Å². The van der Waals surface area contributed by atoms with Crippen molar-refractivity contribution in [1.29, 1.82) is 0 Å². The summed E-state index contributed by atoms with van der Waals surface area (Å²) in [5.74, 6) is 1.87. The maximum Gasteiger partial charge on any atom is 0.169 e. The van der Waals surface area contributed by atoms with Crippen LogP contribution in [0.15, 0.2) is 78.9 Å². The molecular weight excluding hydrogens is 276 g/mol. The van der Waals surface area contributed by atoms with E-state index in [4.69, 9.17) is 9.47 Å². The molecule has 0 aliphatic rings. The largest absolute Gasteiger partial charge is 0.504 e. The number of phenols is 1. The normalized spacial score (nSPS) is 10.2. The lowest BCUT2D eigenvalue weighted by Gasteiger charge is -2.10. The lowest BCUT2D eigenvalue weighted by Crippen LogP contribution is -1.95. The average Bonchev–Trinajstić information content (AvgIpc) is 2.57. The minimum absolute atomic E-state index is 0.109. The van der Waals surface area contributed by atoms with Gasteiger partial charge in [0, 0.05) is 6.07 Å². The molecule has 1 N–H and O–H groups in total. The highest BCUT2D eigenvalue weighted by molar-refractivity contribution is 5.43. The number of aromatic hydroxyl groups is 1. The molecule has 0 atom stereocenters. The number of para-hydroxylation sites is 2. The highest BCUT2D eigenvalue weighted by Crippen LogP contribution is 2.31. The van der Waals surface area contributed by atoms with Crippen LogP contribution in [0.5, 0.6) is 23.0 Å². The fraction of sp³-hybridized carbons (Fsp3) is 0.0526. The second kappa shape index (κ2) is 6.68. The van der Waals surface area contributed by atoms with E-state index in [9.17, 15) is 5.11 Å². The Morgan fingerprint density at radius 2 is 1.45 bits per heavy atom. The average molecular weight is 292 g/mol. The Morgan fingerprint density at radius 1 is 0.727 bits per heavy atom. The topological polar surface area (TPSA) is 38.7 Å². The van der Waals surface area contributed by atoms with Crippen molar-refractivity contribution in [1.82, 2.24) is 0 Å². The molecule has 3 aromatic rings. The third kappa shape index (κ3) is 3.58. The first-order chi connectivity index (χ1) is 10.8. The first-order valence-electron chi connectivity index (χ1n) is 7.04. The van der Waals surface area contributed by atoms with Crippen LogP contribution in [0.25, 0.3) is 0 Å². The molecular formula is C19H16O3. The van der Waals surface area contributed by atoms with E-state index < -0.39 is 0 Å². The fourth-order valence-electron chi connectivity index (χ4n) is 2.04. The second-order valence-corrected chi connectivity index (χ2v) is 4.82. The van der Waals surface area contributed by atoms with Crippen LogP contribution >= 0.6 is 0 Å². The van der Waals surface area contributed by atoms with E-state index >= 15 is 0 Å². The van der Waals surface area contributed by atoms with Crippen molar-refractivity contribution in [3.05, 3.63) is 84.4 Å². The Kier molecular flexibility index (Phi) is 4.25. The SMILES string of the molecule is Oc1ccccc1Oc1cccc(OCc2ccccc2)c1. The van der Waals surface area contributed by atoms with Crippen molar-refractivity contribution in [2.24, 2.45) is 0 Å². The number of benzene rings is 3. The van der Waals surface area contributed by atoms with Crippen LogP contribution in [-0.2, 0) is 6.61 Å². The summed E-state index contributed by atoms with van der Waals surface area (Å²) in [5, 5.41) is 9.74. The van der Waals surface area contributed by atoms with Gasteiger partial charge in [-0.2, -0.15) is 0 Å². The van der Waals surface area contributed by atoms with Gasteiger partial charge in [-0.1, -0.05) is 48.5 Å². The molecule has 0 saturated heterocycles. The number of hydrogen-bond donors (Lipinski definition) is 1. The Bertz CT molecular complexity index is 738. The molecule has 22 heavy (non-hydrogen) atoms. The van der Waals surface area contributed by atoms with E-state index in [1.807, 2.05) is 54.6 Å². The third-order valence-corrected chi connectivity index (χ3v) is 3.15. The molecule has 0 unspecified atom stereocenters. The molecule has 0 saturated carbocycles. The van der Waals surface area contributed by atoms with Crippen molar-refractivity contribution in [2.45, 2.75) is 6.61 Å². The van der Waals surface area contributed by atoms with Crippen molar-refractivity contribution in [3.8, 4) is 23.0 Å². The van der Waals surface area contributed by atoms with E-state index in [1.54, 1.807) is 24.3 Å².